The standard InChI is InChI=1S/C8H15NO2/c1-2-8(10)11-7-9-5-3-4-6-9/h2-7H2,1H3. The van der Waals surface area contributed by atoms with Gasteiger partial charge < -0.3 is 4.74 Å². The van der Waals surface area contributed by atoms with Crippen molar-refractivity contribution in [2.45, 2.75) is 26.2 Å². The van der Waals surface area contributed by atoms with Gasteiger partial charge in [-0.3, -0.25) is 9.69 Å². The third-order valence-electron chi connectivity index (χ3n) is 1.90. The van der Waals surface area contributed by atoms with E-state index in [1.807, 2.05) is 6.92 Å². The molecule has 1 fully saturated rings. The molecule has 1 aliphatic heterocycles. The van der Waals surface area contributed by atoms with E-state index in [0.29, 0.717) is 13.2 Å². The molecule has 0 radical (unpaired) electrons. The lowest BCUT2D eigenvalue weighted by molar-refractivity contribution is -0.147. The largest absolute Gasteiger partial charge is 0.449 e. The van der Waals surface area contributed by atoms with Crippen LogP contribution in [0.4, 0.5) is 0 Å². The molecule has 0 N–H and O–H groups in total. The number of hydrogen-bond donors (Lipinski definition) is 0. The Kier molecular flexibility index (Phi) is 3.36. The zero-order valence-electron chi connectivity index (χ0n) is 7.01. The van der Waals surface area contributed by atoms with E-state index < -0.39 is 0 Å². The fourth-order valence-electron chi connectivity index (χ4n) is 1.18. The Morgan fingerprint density at radius 3 is 2.64 bits per heavy atom. The monoisotopic (exact) mass is 157 g/mol. The van der Waals surface area contributed by atoms with Crippen molar-refractivity contribution < 1.29 is 9.53 Å². The van der Waals surface area contributed by atoms with Crippen molar-refractivity contribution in [3.8, 4) is 0 Å². The third-order valence-corrected chi connectivity index (χ3v) is 1.90. The fraction of sp³-hybridized carbons (Fsp3) is 0.875. The first kappa shape index (κ1) is 8.53. The van der Waals surface area contributed by atoms with Crippen LogP contribution in [0.1, 0.15) is 26.2 Å². The van der Waals surface area contributed by atoms with Crippen LogP contribution < -0.4 is 0 Å². The SMILES string of the molecule is CCC(=O)OCN1CCCC1. The predicted molar refractivity (Wildman–Crippen MR) is 42.1 cm³/mol. The van der Waals surface area contributed by atoms with Gasteiger partial charge in [-0.15, -0.1) is 0 Å². The zero-order chi connectivity index (χ0) is 8.10. The molecule has 0 aromatic rings. The molecule has 11 heavy (non-hydrogen) atoms. The van der Waals surface area contributed by atoms with Crippen molar-refractivity contribution in [1.82, 2.24) is 4.90 Å². The van der Waals surface area contributed by atoms with Crippen LogP contribution in [0, 0.1) is 0 Å². The summed E-state index contributed by atoms with van der Waals surface area (Å²) in [5.74, 6) is -0.100. The molecule has 0 aromatic carbocycles. The molecule has 3 nitrogen and oxygen atoms in total. The molecule has 1 rings (SSSR count). The van der Waals surface area contributed by atoms with E-state index in [9.17, 15) is 4.79 Å². The van der Waals surface area contributed by atoms with Crippen molar-refractivity contribution in [2.75, 3.05) is 19.8 Å². The molecule has 0 aromatic heterocycles. The molecular weight excluding hydrogens is 142 g/mol. The maximum Gasteiger partial charge on any atom is 0.306 e. The maximum absolute atomic E-state index is 10.7. The van der Waals surface area contributed by atoms with Crippen LogP contribution in [0.3, 0.4) is 0 Å². The summed E-state index contributed by atoms with van der Waals surface area (Å²) in [6.45, 7) is 4.47. The number of likely N-dealkylation sites (tertiary alicyclic amines) is 1. The van der Waals surface area contributed by atoms with E-state index in [1.165, 1.54) is 12.8 Å². The van der Waals surface area contributed by atoms with E-state index in [4.69, 9.17) is 4.74 Å². The van der Waals surface area contributed by atoms with Crippen molar-refractivity contribution in [2.24, 2.45) is 0 Å². The Morgan fingerprint density at radius 1 is 1.45 bits per heavy atom. The Balaban J connectivity index is 2.06. The molecule has 1 aliphatic rings. The van der Waals surface area contributed by atoms with Gasteiger partial charge in [-0.25, -0.2) is 0 Å². The highest BCUT2D eigenvalue weighted by Crippen LogP contribution is 2.06. The summed E-state index contributed by atoms with van der Waals surface area (Å²) in [5.41, 5.74) is 0. The quantitative estimate of drug-likeness (QED) is 0.572. The van der Waals surface area contributed by atoms with E-state index in [0.717, 1.165) is 13.1 Å². The molecule has 1 saturated heterocycles. The molecule has 0 aliphatic carbocycles. The normalized spacial score (nSPS) is 18.6. The summed E-state index contributed by atoms with van der Waals surface area (Å²) in [7, 11) is 0. The third kappa shape index (κ3) is 2.89. The number of hydrogen-bond acceptors (Lipinski definition) is 3. The zero-order valence-corrected chi connectivity index (χ0v) is 7.01. The second kappa shape index (κ2) is 4.34. The fourth-order valence-corrected chi connectivity index (χ4v) is 1.18. The lowest BCUT2D eigenvalue weighted by Gasteiger charge is -2.13. The molecule has 64 valence electrons. The summed E-state index contributed by atoms with van der Waals surface area (Å²) < 4.78 is 4.96. The average Bonchev–Trinajstić information content (AvgIpc) is 2.52. The van der Waals surface area contributed by atoms with Crippen LogP contribution in [0.15, 0.2) is 0 Å². The van der Waals surface area contributed by atoms with Gasteiger partial charge in [0.2, 0.25) is 0 Å². The van der Waals surface area contributed by atoms with E-state index in [1.54, 1.807) is 0 Å². The lowest BCUT2D eigenvalue weighted by Crippen LogP contribution is -2.24. The van der Waals surface area contributed by atoms with Crippen LogP contribution in [0.25, 0.3) is 0 Å². The molecule has 0 amide bonds. The van der Waals surface area contributed by atoms with Crippen molar-refractivity contribution in [1.29, 1.82) is 0 Å². The van der Waals surface area contributed by atoms with Crippen LogP contribution in [-0.2, 0) is 9.53 Å². The second-order valence-electron chi connectivity index (χ2n) is 2.82. The van der Waals surface area contributed by atoms with Gasteiger partial charge in [-0.1, -0.05) is 6.92 Å². The van der Waals surface area contributed by atoms with Gasteiger partial charge in [0.25, 0.3) is 0 Å². The highest BCUT2D eigenvalue weighted by Gasteiger charge is 2.12. The van der Waals surface area contributed by atoms with Crippen LogP contribution in [-0.4, -0.2) is 30.7 Å². The Hall–Kier alpha value is -0.570. The van der Waals surface area contributed by atoms with Crippen LogP contribution in [0.2, 0.25) is 0 Å². The molecule has 0 atom stereocenters. The van der Waals surface area contributed by atoms with Gasteiger partial charge in [0, 0.05) is 19.5 Å². The summed E-state index contributed by atoms with van der Waals surface area (Å²) in [5, 5.41) is 0. The number of ether oxygens (including phenoxy) is 1. The molecule has 1 heterocycles. The summed E-state index contributed by atoms with van der Waals surface area (Å²) in [6, 6.07) is 0. The molecule has 0 unspecified atom stereocenters. The van der Waals surface area contributed by atoms with Gasteiger partial charge in [-0.2, -0.15) is 0 Å². The topological polar surface area (TPSA) is 29.5 Å². The van der Waals surface area contributed by atoms with Gasteiger partial charge in [0.15, 0.2) is 0 Å². The maximum atomic E-state index is 10.7. The lowest BCUT2D eigenvalue weighted by atomic mass is 10.4. The first-order valence-electron chi connectivity index (χ1n) is 4.21. The Labute approximate surface area is 67.3 Å². The van der Waals surface area contributed by atoms with Gasteiger partial charge in [0.1, 0.15) is 6.73 Å². The smallest absolute Gasteiger partial charge is 0.306 e. The number of rotatable bonds is 3. The number of carbonyl (C=O) groups excluding carboxylic acids is 1. The summed E-state index contributed by atoms with van der Waals surface area (Å²) in [6.07, 6.45) is 2.96. The first-order valence-corrected chi connectivity index (χ1v) is 4.21. The van der Waals surface area contributed by atoms with E-state index in [2.05, 4.69) is 4.90 Å². The van der Waals surface area contributed by atoms with Gasteiger partial charge in [0.05, 0.1) is 0 Å². The highest BCUT2D eigenvalue weighted by atomic mass is 16.5. The first-order chi connectivity index (χ1) is 5.33. The number of carbonyl (C=O) groups is 1. The average molecular weight is 157 g/mol. The summed E-state index contributed by atoms with van der Waals surface area (Å²) >= 11 is 0. The van der Waals surface area contributed by atoms with Crippen molar-refractivity contribution >= 4 is 5.97 Å². The number of nitrogens with zero attached hydrogens (tertiary/aromatic N) is 1. The molecule has 0 bridgehead atoms. The van der Waals surface area contributed by atoms with Crippen molar-refractivity contribution in [3.63, 3.8) is 0 Å². The predicted octanol–water partition coefficient (Wildman–Crippen LogP) is 0.993. The molecule has 0 spiro atoms. The molecule has 0 saturated carbocycles. The molecular formula is C8H15NO2. The Morgan fingerprint density at radius 2 is 2.09 bits per heavy atom. The van der Waals surface area contributed by atoms with Crippen LogP contribution >= 0.6 is 0 Å². The highest BCUT2D eigenvalue weighted by molar-refractivity contribution is 5.68. The van der Waals surface area contributed by atoms with Crippen LogP contribution in [0.5, 0.6) is 0 Å². The second-order valence-corrected chi connectivity index (χ2v) is 2.82. The van der Waals surface area contributed by atoms with Gasteiger partial charge >= 0.3 is 5.97 Å². The van der Waals surface area contributed by atoms with Gasteiger partial charge in [-0.05, 0) is 12.8 Å². The molecule has 3 heteroatoms. The van der Waals surface area contributed by atoms with Crippen molar-refractivity contribution in [3.05, 3.63) is 0 Å². The van der Waals surface area contributed by atoms with E-state index >= 15 is 0 Å². The minimum atomic E-state index is -0.100. The van der Waals surface area contributed by atoms with E-state index in [-0.39, 0.29) is 5.97 Å². The Bertz CT molecular complexity index is 130. The minimum absolute atomic E-state index is 0.100. The number of esters is 1. The minimum Gasteiger partial charge on any atom is -0.449 e. The summed E-state index contributed by atoms with van der Waals surface area (Å²) in [4.78, 5) is 12.9.